The van der Waals surface area contributed by atoms with Gasteiger partial charge in [-0.2, -0.15) is 0 Å². The minimum Gasteiger partial charge on any atom is -0.335 e. The largest absolute Gasteiger partial charge is 0.335 e. The van der Waals surface area contributed by atoms with Gasteiger partial charge in [0.05, 0.1) is 16.3 Å². The van der Waals surface area contributed by atoms with Gasteiger partial charge in [-0.05, 0) is 30.7 Å². The van der Waals surface area contributed by atoms with Crippen molar-refractivity contribution in [1.29, 1.82) is 0 Å². The summed E-state index contributed by atoms with van der Waals surface area (Å²) >= 11 is 0. The van der Waals surface area contributed by atoms with Crippen LogP contribution in [0.1, 0.15) is 21.7 Å². The van der Waals surface area contributed by atoms with Gasteiger partial charge in [0, 0.05) is 57.3 Å². The number of nitro benzene ring substituents is 1. The third kappa shape index (κ3) is 4.03. The highest BCUT2D eigenvalue weighted by molar-refractivity contribution is 5.93. The van der Waals surface area contributed by atoms with Crippen molar-refractivity contribution < 1.29 is 9.72 Å². The number of nitro groups is 1. The van der Waals surface area contributed by atoms with Crippen molar-refractivity contribution in [1.82, 2.24) is 29.8 Å². The minimum absolute atomic E-state index is 0.0411. The summed E-state index contributed by atoms with van der Waals surface area (Å²) < 4.78 is 1.46. The number of hydrogen-bond acceptors (Lipinski definition) is 7. The van der Waals surface area contributed by atoms with Crippen LogP contribution in [-0.2, 0) is 6.54 Å². The van der Waals surface area contributed by atoms with E-state index in [1.807, 2.05) is 12.1 Å². The zero-order valence-electron chi connectivity index (χ0n) is 16.5. The van der Waals surface area contributed by atoms with Crippen LogP contribution >= 0.6 is 0 Å². The maximum atomic E-state index is 13.0. The molecule has 10 nitrogen and oxygen atoms in total. The molecule has 0 aliphatic carbocycles. The average Bonchev–Trinajstić information content (AvgIpc) is 3.16. The van der Waals surface area contributed by atoms with Crippen molar-refractivity contribution in [2.75, 3.05) is 26.2 Å². The van der Waals surface area contributed by atoms with E-state index in [0.29, 0.717) is 24.5 Å². The number of piperazine rings is 1. The summed E-state index contributed by atoms with van der Waals surface area (Å²) in [5.41, 5.74) is 2.47. The van der Waals surface area contributed by atoms with Crippen LogP contribution < -0.4 is 0 Å². The van der Waals surface area contributed by atoms with Gasteiger partial charge in [0.25, 0.3) is 11.6 Å². The van der Waals surface area contributed by atoms with E-state index in [9.17, 15) is 14.9 Å². The Hall–Kier alpha value is -3.66. The van der Waals surface area contributed by atoms with Crippen molar-refractivity contribution in [3.8, 4) is 5.69 Å². The van der Waals surface area contributed by atoms with Crippen LogP contribution in [0, 0.1) is 17.0 Å². The fourth-order valence-electron chi connectivity index (χ4n) is 3.52. The van der Waals surface area contributed by atoms with Gasteiger partial charge >= 0.3 is 0 Å². The molecule has 3 aromatic rings. The quantitative estimate of drug-likeness (QED) is 0.469. The highest BCUT2D eigenvalue weighted by atomic mass is 16.6. The van der Waals surface area contributed by atoms with Crippen molar-refractivity contribution >= 4 is 11.6 Å². The van der Waals surface area contributed by atoms with Gasteiger partial charge < -0.3 is 4.90 Å². The average molecular weight is 407 g/mol. The summed E-state index contributed by atoms with van der Waals surface area (Å²) in [4.78, 5) is 31.6. The van der Waals surface area contributed by atoms with Crippen LogP contribution in [0.15, 0.2) is 48.8 Å². The number of carbonyl (C=O) groups is 1. The maximum absolute atomic E-state index is 13.0. The monoisotopic (exact) mass is 407 g/mol. The molecule has 2 aromatic heterocycles. The van der Waals surface area contributed by atoms with Crippen LogP contribution in [0.3, 0.4) is 0 Å². The van der Waals surface area contributed by atoms with Crippen LogP contribution in [0.5, 0.6) is 0 Å². The number of non-ortho nitro benzene ring substituents is 1. The highest BCUT2D eigenvalue weighted by Crippen LogP contribution is 2.19. The molecule has 0 spiro atoms. The summed E-state index contributed by atoms with van der Waals surface area (Å²) in [5.74, 6) is -0.173. The van der Waals surface area contributed by atoms with Crippen LogP contribution in [-0.4, -0.2) is 66.8 Å². The number of carbonyl (C=O) groups excluding carboxylic acids is 1. The Labute approximate surface area is 172 Å². The van der Waals surface area contributed by atoms with Gasteiger partial charge in [-0.1, -0.05) is 11.3 Å². The smallest absolute Gasteiger partial charge is 0.276 e. The normalized spacial score (nSPS) is 14.6. The number of amides is 1. The molecule has 0 atom stereocenters. The van der Waals surface area contributed by atoms with Gasteiger partial charge in [0.1, 0.15) is 0 Å². The fourth-order valence-corrected chi connectivity index (χ4v) is 3.52. The standard InChI is InChI=1S/C20H21N7O3/c1-15-19(22-23-26(15)17-3-2-4-18(13-17)27(29)30)20(28)25-11-9-24(10-12-25)14-16-5-7-21-8-6-16/h2-8,13H,9-12,14H2,1H3. The van der Waals surface area contributed by atoms with E-state index in [4.69, 9.17) is 0 Å². The molecule has 0 N–H and O–H groups in total. The molecule has 0 radical (unpaired) electrons. The SMILES string of the molecule is Cc1c(C(=O)N2CCN(Cc3ccncc3)CC2)nnn1-c1cccc([N+](=O)[O-])c1. The predicted molar refractivity (Wildman–Crippen MR) is 108 cm³/mol. The van der Waals surface area contributed by atoms with Crippen molar-refractivity contribution in [3.63, 3.8) is 0 Å². The summed E-state index contributed by atoms with van der Waals surface area (Å²) in [5, 5.41) is 19.1. The first-order valence-corrected chi connectivity index (χ1v) is 9.60. The van der Waals surface area contributed by atoms with Gasteiger partial charge in [-0.25, -0.2) is 4.68 Å². The molecular formula is C20H21N7O3. The molecule has 3 heterocycles. The Morgan fingerprint density at radius 2 is 1.87 bits per heavy atom. The van der Waals surface area contributed by atoms with Gasteiger partial charge in [-0.15, -0.1) is 5.10 Å². The molecule has 0 bridgehead atoms. The highest BCUT2D eigenvalue weighted by Gasteiger charge is 2.26. The molecule has 1 fully saturated rings. The van der Waals surface area contributed by atoms with Gasteiger partial charge in [0.2, 0.25) is 0 Å². The minimum atomic E-state index is -0.465. The zero-order chi connectivity index (χ0) is 21.1. The number of hydrogen-bond donors (Lipinski definition) is 0. The molecule has 1 aromatic carbocycles. The van der Waals surface area contributed by atoms with E-state index in [1.54, 1.807) is 36.4 Å². The predicted octanol–water partition coefficient (Wildman–Crippen LogP) is 1.84. The molecule has 4 rings (SSSR count). The summed E-state index contributed by atoms with van der Waals surface area (Å²) in [6.45, 7) is 5.32. The summed E-state index contributed by atoms with van der Waals surface area (Å²) in [6.07, 6.45) is 3.56. The second-order valence-corrected chi connectivity index (χ2v) is 7.14. The van der Waals surface area contributed by atoms with E-state index >= 15 is 0 Å². The van der Waals surface area contributed by atoms with Crippen molar-refractivity contribution in [3.05, 3.63) is 75.9 Å². The molecule has 1 aliphatic rings. The number of pyridine rings is 1. The fraction of sp³-hybridized carbons (Fsp3) is 0.300. The van der Waals surface area contributed by atoms with Gasteiger partial charge in [-0.3, -0.25) is 24.8 Å². The summed E-state index contributed by atoms with van der Waals surface area (Å²) in [6, 6.07) is 10.1. The molecule has 154 valence electrons. The lowest BCUT2D eigenvalue weighted by Crippen LogP contribution is -2.48. The summed E-state index contributed by atoms with van der Waals surface area (Å²) in [7, 11) is 0. The molecule has 1 saturated heterocycles. The molecule has 10 heteroatoms. The van der Waals surface area contributed by atoms with E-state index in [-0.39, 0.29) is 17.3 Å². The first kappa shape index (κ1) is 19.6. The van der Waals surface area contributed by atoms with Gasteiger partial charge in [0.15, 0.2) is 5.69 Å². The van der Waals surface area contributed by atoms with Crippen molar-refractivity contribution in [2.45, 2.75) is 13.5 Å². The Balaban J connectivity index is 1.44. The molecule has 0 saturated carbocycles. The van der Waals surface area contributed by atoms with Crippen molar-refractivity contribution in [2.24, 2.45) is 0 Å². The molecule has 1 amide bonds. The lowest BCUT2D eigenvalue weighted by Gasteiger charge is -2.34. The first-order valence-electron chi connectivity index (χ1n) is 9.60. The van der Waals surface area contributed by atoms with E-state index in [0.717, 1.165) is 19.6 Å². The maximum Gasteiger partial charge on any atom is 0.276 e. The van der Waals surface area contributed by atoms with Crippen LogP contribution in [0.25, 0.3) is 5.69 Å². The Morgan fingerprint density at radius 3 is 2.57 bits per heavy atom. The molecule has 30 heavy (non-hydrogen) atoms. The molecular weight excluding hydrogens is 386 g/mol. The first-order chi connectivity index (χ1) is 14.5. The van der Waals surface area contributed by atoms with E-state index in [1.165, 1.54) is 22.4 Å². The zero-order valence-corrected chi connectivity index (χ0v) is 16.5. The Morgan fingerprint density at radius 1 is 1.13 bits per heavy atom. The third-order valence-corrected chi connectivity index (χ3v) is 5.20. The number of aromatic nitrogens is 4. The number of nitrogens with zero attached hydrogens (tertiary/aromatic N) is 7. The second-order valence-electron chi connectivity index (χ2n) is 7.14. The Bertz CT molecular complexity index is 1060. The number of benzene rings is 1. The third-order valence-electron chi connectivity index (χ3n) is 5.20. The van der Waals surface area contributed by atoms with Crippen LogP contribution in [0.2, 0.25) is 0 Å². The lowest BCUT2D eigenvalue weighted by atomic mass is 10.2. The second kappa shape index (κ2) is 8.37. The topological polar surface area (TPSA) is 110 Å². The van der Waals surface area contributed by atoms with Crippen LogP contribution in [0.4, 0.5) is 5.69 Å². The molecule has 0 unspecified atom stereocenters. The van der Waals surface area contributed by atoms with E-state index < -0.39 is 4.92 Å². The molecule has 1 aliphatic heterocycles. The lowest BCUT2D eigenvalue weighted by molar-refractivity contribution is -0.384. The van der Waals surface area contributed by atoms with E-state index in [2.05, 4.69) is 20.2 Å². The Kier molecular flexibility index (Phi) is 5.48. The number of rotatable bonds is 5.